The number of aliphatic hydroxyl groups excluding tert-OH is 2. The van der Waals surface area contributed by atoms with E-state index in [1.54, 1.807) is 0 Å². The maximum absolute atomic E-state index is 8.11. The van der Waals surface area contributed by atoms with Crippen LogP contribution in [0.2, 0.25) is 0 Å². The molecule has 1 rings (SSSR count). The molecule has 2 N–H and O–H groups in total. The number of ether oxygens (including phenoxy) is 2. The average molecular weight is 176 g/mol. The van der Waals surface area contributed by atoms with E-state index in [4.69, 9.17) is 19.7 Å². The Morgan fingerprint density at radius 2 is 2.33 bits per heavy atom. The maximum Gasteiger partial charge on any atom is 0.116 e. The van der Waals surface area contributed by atoms with E-state index in [9.17, 15) is 0 Å². The lowest BCUT2D eigenvalue weighted by Crippen LogP contribution is -2.03. The molecule has 4 nitrogen and oxygen atoms in total. The third-order valence-electron chi connectivity index (χ3n) is 1.07. The molecule has 0 amide bonds. The van der Waals surface area contributed by atoms with E-state index in [-0.39, 0.29) is 6.61 Å². The zero-order chi connectivity index (χ0) is 9.40. The normalized spacial score (nSPS) is 21.8. The highest BCUT2D eigenvalue weighted by atomic mass is 16.6. The van der Waals surface area contributed by atoms with E-state index >= 15 is 0 Å². The van der Waals surface area contributed by atoms with Crippen molar-refractivity contribution in [2.24, 2.45) is 0 Å². The summed E-state index contributed by atoms with van der Waals surface area (Å²) < 4.78 is 9.63. The third kappa shape index (κ3) is 9.42. The number of epoxide rings is 1. The van der Waals surface area contributed by atoms with Gasteiger partial charge in [-0.25, -0.2) is 0 Å². The topological polar surface area (TPSA) is 62.2 Å². The van der Waals surface area contributed by atoms with Gasteiger partial charge < -0.3 is 19.7 Å². The molecular weight excluding hydrogens is 160 g/mol. The second kappa shape index (κ2) is 7.09. The number of rotatable bonds is 4. The molecular formula is C8H16O4. The zero-order valence-corrected chi connectivity index (χ0v) is 7.27. The molecule has 1 saturated heterocycles. The van der Waals surface area contributed by atoms with E-state index in [0.29, 0.717) is 12.7 Å². The van der Waals surface area contributed by atoms with Gasteiger partial charge in [0.15, 0.2) is 0 Å². The quantitative estimate of drug-likeness (QED) is 0.464. The van der Waals surface area contributed by atoms with Crippen molar-refractivity contribution in [1.82, 2.24) is 0 Å². The summed E-state index contributed by atoms with van der Waals surface area (Å²) in [6.07, 6.45) is 1.23. The van der Waals surface area contributed by atoms with Crippen molar-refractivity contribution in [2.75, 3.05) is 19.8 Å². The first kappa shape index (κ1) is 11.4. The molecule has 72 valence electrons. The predicted octanol–water partition coefficient (Wildman–Crippen LogP) is -0.0952. The van der Waals surface area contributed by atoms with Crippen molar-refractivity contribution in [2.45, 2.75) is 19.1 Å². The Morgan fingerprint density at radius 1 is 1.83 bits per heavy atom. The van der Waals surface area contributed by atoms with Crippen LogP contribution < -0.4 is 0 Å². The average Bonchev–Trinajstić information content (AvgIpc) is 2.85. The summed E-state index contributed by atoms with van der Waals surface area (Å²) in [4.78, 5) is 0. The Hall–Kier alpha value is -0.580. The number of hydrogen-bond acceptors (Lipinski definition) is 4. The smallest absolute Gasteiger partial charge is 0.116 e. The second-order valence-corrected chi connectivity index (χ2v) is 2.49. The van der Waals surface area contributed by atoms with Gasteiger partial charge in [-0.3, -0.25) is 0 Å². The van der Waals surface area contributed by atoms with Crippen molar-refractivity contribution in [1.29, 1.82) is 0 Å². The molecule has 1 aliphatic heterocycles. The lowest BCUT2D eigenvalue weighted by atomic mass is 10.5. The van der Waals surface area contributed by atoms with Crippen molar-refractivity contribution in [3.8, 4) is 0 Å². The second-order valence-electron chi connectivity index (χ2n) is 2.49. The van der Waals surface area contributed by atoms with Crippen molar-refractivity contribution in [3.05, 3.63) is 12.8 Å². The minimum absolute atomic E-state index is 0.139. The lowest BCUT2D eigenvalue weighted by molar-refractivity contribution is 0.110. The molecule has 1 heterocycles. The van der Waals surface area contributed by atoms with Gasteiger partial charge in [0.25, 0.3) is 0 Å². The Kier molecular flexibility index (Phi) is 6.75. The molecule has 2 atom stereocenters. The Bertz CT molecular complexity index is 110. The van der Waals surface area contributed by atoms with Crippen LogP contribution in [-0.4, -0.2) is 42.2 Å². The van der Waals surface area contributed by atoms with Crippen LogP contribution in [0.1, 0.15) is 6.92 Å². The summed E-state index contributed by atoms with van der Waals surface area (Å²) in [6.45, 7) is 6.30. The molecule has 0 bridgehead atoms. The van der Waals surface area contributed by atoms with E-state index in [0.717, 1.165) is 6.61 Å². The SMILES string of the molecule is C=COCC1CO1.CC(O)CO. The molecule has 0 radical (unpaired) electrons. The zero-order valence-electron chi connectivity index (χ0n) is 7.27. The summed E-state index contributed by atoms with van der Waals surface area (Å²) >= 11 is 0. The first-order valence-corrected chi connectivity index (χ1v) is 3.83. The van der Waals surface area contributed by atoms with Crippen molar-refractivity contribution >= 4 is 0 Å². The van der Waals surface area contributed by atoms with Crippen LogP contribution in [0.3, 0.4) is 0 Å². The van der Waals surface area contributed by atoms with Crippen LogP contribution in [0.4, 0.5) is 0 Å². The van der Waals surface area contributed by atoms with E-state index in [1.165, 1.54) is 13.2 Å². The summed E-state index contributed by atoms with van der Waals surface area (Å²) in [5.41, 5.74) is 0. The molecule has 1 fully saturated rings. The van der Waals surface area contributed by atoms with Gasteiger partial charge in [-0.1, -0.05) is 6.58 Å². The fourth-order valence-corrected chi connectivity index (χ4v) is 0.340. The van der Waals surface area contributed by atoms with Crippen LogP contribution in [0.5, 0.6) is 0 Å². The van der Waals surface area contributed by atoms with Gasteiger partial charge in [0.1, 0.15) is 12.7 Å². The van der Waals surface area contributed by atoms with Gasteiger partial charge in [-0.2, -0.15) is 0 Å². The minimum Gasteiger partial charge on any atom is -0.499 e. The summed E-state index contributed by atoms with van der Waals surface area (Å²) in [7, 11) is 0. The molecule has 0 aromatic carbocycles. The predicted molar refractivity (Wildman–Crippen MR) is 44.7 cm³/mol. The molecule has 0 spiro atoms. The van der Waals surface area contributed by atoms with Crippen LogP contribution in [0.15, 0.2) is 12.8 Å². The standard InChI is InChI=1S/C5H8O2.C3H8O2/c1-2-6-3-5-4-7-5;1-3(5)2-4/h2,5H,1,3-4H2;3-5H,2H2,1H3. The Labute approximate surface area is 72.4 Å². The van der Waals surface area contributed by atoms with Crippen LogP contribution in [0, 0.1) is 0 Å². The molecule has 2 unspecified atom stereocenters. The Balaban J connectivity index is 0.000000217. The molecule has 12 heavy (non-hydrogen) atoms. The van der Waals surface area contributed by atoms with Crippen LogP contribution in [-0.2, 0) is 9.47 Å². The summed E-state index contributed by atoms with van der Waals surface area (Å²) in [5, 5.41) is 16.0. The molecule has 0 aliphatic carbocycles. The Morgan fingerprint density at radius 3 is 2.58 bits per heavy atom. The molecule has 1 aliphatic rings. The van der Waals surface area contributed by atoms with Crippen LogP contribution in [0.25, 0.3) is 0 Å². The molecule has 0 aromatic rings. The molecule has 0 aromatic heterocycles. The highest BCUT2D eigenvalue weighted by Gasteiger charge is 2.21. The number of aliphatic hydroxyl groups is 2. The maximum atomic E-state index is 8.11. The largest absolute Gasteiger partial charge is 0.499 e. The van der Waals surface area contributed by atoms with Crippen LogP contribution >= 0.6 is 0 Å². The van der Waals surface area contributed by atoms with Gasteiger partial charge in [0.2, 0.25) is 0 Å². The fourth-order valence-electron chi connectivity index (χ4n) is 0.340. The highest BCUT2D eigenvalue weighted by molar-refractivity contribution is 4.68. The van der Waals surface area contributed by atoms with Crippen molar-refractivity contribution < 1.29 is 19.7 Å². The van der Waals surface area contributed by atoms with E-state index < -0.39 is 6.10 Å². The first-order valence-electron chi connectivity index (χ1n) is 3.83. The van der Waals surface area contributed by atoms with Gasteiger partial charge >= 0.3 is 0 Å². The third-order valence-corrected chi connectivity index (χ3v) is 1.07. The summed E-state index contributed by atoms with van der Waals surface area (Å²) in [5.74, 6) is 0. The van der Waals surface area contributed by atoms with Gasteiger partial charge in [-0.05, 0) is 6.92 Å². The molecule has 4 heteroatoms. The van der Waals surface area contributed by atoms with Gasteiger partial charge in [0, 0.05) is 0 Å². The van der Waals surface area contributed by atoms with Crippen molar-refractivity contribution in [3.63, 3.8) is 0 Å². The highest BCUT2D eigenvalue weighted by Crippen LogP contribution is 2.07. The van der Waals surface area contributed by atoms with Gasteiger partial charge in [-0.15, -0.1) is 0 Å². The van der Waals surface area contributed by atoms with Gasteiger partial charge in [0.05, 0.1) is 25.6 Å². The van der Waals surface area contributed by atoms with E-state index in [2.05, 4.69) is 6.58 Å². The first-order chi connectivity index (χ1) is 5.70. The summed E-state index contributed by atoms with van der Waals surface area (Å²) in [6, 6.07) is 0. The fraction of sp³-hybridized carbons (Fsp3) is 0.750. The number of hydrogen-bond donors (Lipinski definition) is 2. The minimum atomic E-state index is -0.560. The monoisotopic (exact) mass is 176 g/mol. The van der Waals surface area contributed by atoms with E-state index in [1.807, 2.05) is 0 Å². The lowest BCUT2D eigenvalue weighted by Gasteiger charge is -1.90. The molecule has 0 saturated carbocycles.